The molecule has 2 unspecified atom stereocenters. The molecule has 1 spiro atoms. The van der Waals surface area contributed by atoms with E-state index in [0.29, 0.717) is 12.0 Å². The SMILES string of the molecule is CN1C(=O)C2(CC2c2ccccc2)N(C)C(=O)/C1=C/c1cccnc1C#N. The summed E-state index contributed by atoms with van der Waals surface area (Å²) < 4.78 is 0. The van der Waals surface area contributed by atoms with E-state index in [1.54, 1.807) is 37.2 Å². The summed E-state index contributed by atoms with van der Waals surface area (Å²) >= 11 is 0. The highest BCUT2D eigenvalue weighted by molar-refractivity contribution is 6.10. The summed E-state index contributed by atoms with van der Waals surface area (Å²) in [5, 5.41) is 9.22. The van der Waals surface area contributed by atoms with Crippen LogP contribution in [0, 0.1) is 11.3 Å². The molecule has 2 aromatic rings. The van der Waals surface area contributed by atoms with E-state index in [4.69, 9.17) is 0 Å². The van der Waals surface area contributed by atoms with Crippen LogP contribution in [-0.4, -0.2) is 46.2 Å². The van der Waals surface area contributed by atoms with E-state index in [1.807, 2.05) is 36.4 Å². The molecule has 27 heavy (non-hydrogen) atoms. The van der Waals surface area contributed by atoms with Crippen LogP contribution < -0.4 is 0 Å². The van der Waals surface area contributed by atoms with Gasteiger partial charge < -0.3 is 9.80 Å². The van der Waals surface area contributed by atoms with E-state index < -0.39 is 5.54 Å². The van der Waals surface area contributed by atoms with Crippen LogP contribution in [0.25, 0.3) is 6.08 Å². The molecular formula is C21H18N4O2. The van der Waals surface area contributed by atoms with Crippen molar-refractivity contribution in [3.63, 3.8) is 0 Å². The lowest BCUT2D eigenvalue weighted by atomic mass is 9.99. The van der Waals surface area contributed by atoms with E-state index >= 15 is 0 Å². The second kappa shape index (κ2) is 6.06. The monoisotopic (exact) mass is 358 g/mol. The van der Waals surface area contributed by atoms with Gasteiger partial charge in [0.25, 0.3) is 11.8 Å². The van der Waals surface area contributed by atoms with Crippen molar-refractivity contribution in [2.24, 2.45) is 0 Å². The van der Waals surface area contributed by atoms with Gasteiger partial charge >= 0.3 is 0 Å². The number of likely N-dealkylation sites (N-methyl/N-ethyl adjacent to an activating group) is 2. The maximum Gasteiger partial charge on any atom is 0.271 e. The lowest BCUT2D eigenvalue weighted by Gasteiger charge is -2.39. The second-order valence-corrected chi connectivity index (χ2v) is 6.90. The van der Waals surface area contributed by atoms with Crippen LogP contribution in [0.1, 0.15) is 29.2 Å². The lowest BCUT2D eigenvalue weighted by molar-refractivity contribution is -0.150. The molecule has 134 valence electrons. The van der Waals surface area contributed by atoms with Crippen LogP contribution in [0.2, 0.25) is 0 Å². The van der Waals surface area contributed by atoms with Gasteiger partial charge in [-0.25, -0.2) is 4.98 Å². The number of rotatable bonds is 2. The van der Waals surface area contributed by atoms with Gasteiger partial charge in [0.15, 0.2) is 0 Å². The average Bonchev–Trinajstić information content (AvgIpc) is 3.46. The van der Waals surface area contributed by atoms with Crippen molar-refractivity contribution in [1.82, 2.24) is 14.8 Å². The minimum absolute atomic E-state index is 0.00258. The molecule has 6 heteroatoms. The first-order chi connectivity index (χ1) is 13.0. The Labute approximate surface area is 157 Å². The number of pyridine rings is 1. The molecule has 1 aliphatic heterocycles. The van der Waals surface area contributed by atoms with E-state index in [-0.39, 0.29) is 29.1 Å². The first-order valence-corrected chi connectivity index (χ1v) is 8.69. The van der Waals surface area contributed by atoms with Gasteiger partial charge in [0.05, 0.1) is 0 Å². The zero-order valence-corrected chi connectivity index (χ0v) is 15.1. The fourth-order valence-electron chi connectivity index (χ4n) is 3.91. The van der Waals surface area contributed by atoms with Crippen LogP contribution in [0.3, 0.4) is 0 Å². The summed E-state index contributed by atoms with van der Waals surface area (Å²) in [6.45, 7) is 0. The van der Waals surface area contributed by atoms with Crippen molar-refractivity contribution >= 4 is 17.9 Å². The topological polar surface area (TPSA) is 77.3 Å². The average molecular weight is 358 g/mol. The number of benzene rings is 1. The Bertz CT molecular complexity index is 1010. The maximum atomic E-state index is 13.2. The molecule has 1 saturated carbocycles. The maximum absolute atomic E-state index is 13.2. The van der Waals surface area contributed by atoms with Crippen molar-refractivity contribution in [1.29, 1.82) is 5.26 Å². The van der Waals surface area contributed by atoms with E-state index in [0.717, 1.165) is 5.56 Å². The number of piperazine rings is 1. The van der Waals surface area contributed by atoms with Gasteiger partial charge in [-0.3, -0.25) is 9.59 Å². The van der Waals surface area contributed by atoms with Gasteiger partial charge in [0, 0.05) is 31.8 Å². The summed E-state index contributed by atoms with van der Waals surface area (Å²) in [4.78, 5) is 33.3. The summed E-state index contributed by atoms with van der Waals surface area (Å²) in [5.41, 5.74) is 1.22. The Kier molecular flexibility index (Phi) is 3.81. The Morgan fingerprint density at radius 2 is 1.93 bits per heavy atom. The van der Waals surface area contributed by atoms with Crippen molar-refractivity contribution in [2.45, 2.75) is 17.9 Å². The van der Waals surface area contributed by atoms with Gasteiger partial charge in [-0.2, -0.15) is 5.26 Å². The zero-order valence-electron chi connectivity index (χ0n) is 15.1. The fourth-order valence-corrected chi connectivity index (χ4v) is 3.91. The number of carbonyl (C=O) groups excluding carboxylic acids is 2. The van der Waals surface area contributed by atoms with Crippen molar-refractivity contribution in [2.75, 3.05) is 14.1 Å². The molecule has 6 nitrogen and oxygen atoms in total. The first kappa shape index (κ1) is 17.0. The Hall–Kier alpha value is -3.46. The van der Waals surface area contributed by atoms with Crippen LogP contribution in [0.5, 0.6) is 0 Å². The summed E-state index contributed by atoms with van der Waals surface area (Å²) in [7, 11) is 3.29. The highest BCUT2D eigenvalue weighted by Crippen LogP contribution is 2.58. The third-order valence-electron chi connectivity index (χ3n) is 5.53. The highest BCUT2D eigenvalue weighted by atomic mass is 16.2. The Morgan fingerprint density at radius 1 is 1.19 bits per heavy atom. The van der Waals surface area contributed by atoms with Crippen LogP contribution >= 0.6 is 0 Å². The third kappa shape index (κ3) is 2.43. The van der Waals surface area contributed by atoms with E-state index in [2.05, 4.69) is 4.98 Å². The molecule has 2 amide bonds. The molecule has 1 aliphatic carbocycles. The molecule has 2 fully saturated rings. The first-order valence-electron chi connectivity index (χ1n) is 8.69. The molecule has 1 saturated heterocycles. The van der Waals surface area contributed by atoms with Crippen molar-refractivity contribution in [3.05, 3.63) is 71.2 Å². The number of hydrogen-bond donors (Lipinski definition) is 0. The molecule has 4 rings (SSSR count). The third-order valence-corrected chi connectivity index (χ3v) is 5.53. The molecule has 0 radical (unpaired) electrons. The number of carbonyl (C=O) groups is 2. The number of nitriles is 1. The molecular weight excluding hydrogens is 340 g/mol. The van der Waals surface area contributed by atoms with Crippen molar-refractivity contribution in [3.8, 4) is 6.07 Å². The Balaban J connectivity index is 1.72. The second-order valence-electron chi connectivity index (χ2n) is 6.90. The quantitative estimate of drug-likeness (QED) is 0.771. The largest absolute Gasteiger partial charge is 0.325 e. The molecule has 0 N–H and O–H groups in total. The number of hydrogen-bond acceptors (Lipinski definition) is 4. The number of aromatic nitrogens is 1. The number of nitrogens with zero attached hydrogens (tertiary/aromatic N) is 4. The van der Waals surface area contributed by atoms with Crippen molar-refractivity contribution < 1.29 is 9.59 Å². The van der Waals surface area contributed by atoms with Gasteiger partial charge in [0.1, 0.15) is 23.0 Å². The van der Waals surface area contributed by atoms with Crippen LogP contribution in [-0.2, 0) is 9.59 Å². The smallest absolute Gasteiger partial charge is 0.271 e. The molecule has 1 aromatic heterocycles. The minimum Gasteiger partial charge on any atom is -0.325 e. The molecule has 2 atom stereocenters. The molecule has 2 heterocycles. The zero-order chi connectivity index (χ0) is 19.2. The van der Waals surface area contributed by atoms with Gasteiger partial charge in [-0.1, -0.05) is 36.4 Å². The molecule has 2 aliphatic rings. The van der Waals surface area contributed by atoms with Gasteiger partial charge in [0.2, 0.25) is 0 Å². The lowest BCUT2D eigenvalue weighted by Crippen LogP contribution is -2.58. The summed E-state index contributed by atoms with van der Waals surface area (Å²) in [5.74, 6) is -0.340. The minimum atomic E-state index is -0.822. The van der Waals surface area contributed by atoms with Crippen LogP contribution in [0.4, 0.5) is 0 Å². The standard InChI is InChI=1S/C21H18N4O2/c1-24-18(11-15-9-6-10-23-17(15)13-22)19(26)25(2)21(20(24)27)12-16(21)14-7-4-3-5-8-14/h3-11,16H,12H2,1-2H3/b18-11-. The van der Waals surface area contributed by atoms with E-state index in [9.17, 15) is 14.9 Å². The van der Waals surface area contributed by atoms with Gasteiger partial charge in [-0.15, -0.1) is 0 Å². The summed E-state index contributed by atoms with van der Waals surface area (Å²) in [6, 6.07) is 15.2. The predicted octanol–water partition coefficient (Wildman–Crippen LogP) is 2.15. The summed E-state index contributed by atoms with van der Waals surface area (Å²) in [6.07, 6.45) is 3.70. The van der Waals surface area contributed by atoms with Crippen LogP contribution in [0.15, 0.2) is 54.4 Å². The molecule has 0 bridgehead atoms. The normalized spacial score (nSPS) is 25.8. The predicted molar refractivity (Wildman–Crippen MR) is 99.0 cm³/mol. The van der Waals surface area contributed by atoms with Gasteiger partial charge in [-0.05, 0) is 24.1 Å². The van der Waals surface area contributed by atoms with E-state index in [1.165, 1.54) is 11.1 Å². The Morgan fingerprint density at radius 3 is 2.63 bits per heavy atom. The highest BCUT2D eigenvalue weighted by Gasteiger charge is 2.68. The number of amides is 2. The fraction of sp³-hybridized carbons (Fsp3) is 0.238. The molecule has 1 aromatic carbocycles.